The van der Waals surface area contributed by atoms with E-state index >= 15 is 0 Å². The molecule has 2 rings (SSSR count). The number of benzene rings is 2. The summed E-state index contributed by atoms with van der Waals surface area (Å²) in [7, 11) is 3.03. The van der Waals surface area contributed by atoms with E-state index in [9.17, 15) is 9.59 Å². The first kappa shape index (κ1) is 19.3. The van der Waals surface area contributed by atoms with E-state index in [4.69, 9.17) is 9.47 Å². The molecule has 6 heteroatoms. The number of hydrogen-bond acceptors (Lipinski definition) is 4. The molecule has 2 amide bonds. The molecule has 0 heterocycles. The number of hydrogen-bond donors (Lipinski definition) is 2. The lowest BCUT2D eigenvalue weighted by Crippen LogP contribution is -2.42. The van der Waals surface area contributed by atoms with Crippen LogP contribution in [0.25, 0.3) is 0 Å². The Balaban J connectivity index is 2.30. The van der Waals surface area contributed by atoms with Gasteiger partial charge in [0.05, 0.1) is 14.2 Å². The van der Waals surface area contributed by atoms with Crippen LogP contribution in [-0.4, -0.2) is 32.1 Å². The third kappa shape index (κ3) is 4.99. The third-order valence-corrected chi connectivity index (χ3v) is 3.72. The molecular formula is C20H24N2O4. The molecule has 0 spiro atoms. The Morgan fingerprint density at radius 1 is 0.885 bits per heavy atom. The highest BCUT2D eigenvalue weighted by atomic mass is 16.5. The van der Waals surface area contributed by atoms with Gasteiger partial charge in [-0.15, -0.1) is 0 Å². The van der Waals surface area contributed by atoms with Gasteiger partial charge in [-0.05, 0) is 31.5 Å². The van der Waals surface area contributed by atoms with Crippen molar-refractivity contribution in [2.24, 2.45) is 0 Å². The second-order valence-electron chi connectivity index (χ2n) is 6.08. The molecule has 26 heavy (non-hydrogen) atoms. The summed E-state index contributed by atoms with van der Waals surface area (Å²) in [4.78, 5) is 25.3. The lowest BCUT2D eigenvalue weighted by molar-refractivity contribution is -0.123. The van der Waals surface area contributed by atoms with Crippen molar-refractivity contribution in [1.82, 2.24) is 10.6 Å². The first-order valence-corrected chi connectivity index (χ1v) is 8.34. The molecule has 138 valence electrons. The molecule has 1 atom stereocenters. The Bertz CT molecular complexity index is 737. The van der Waals surface area contributed by atoms with Gasteiger partial charge in [0.2, 0.25) is 5.91 Å². The van der Waals surface area contributed by atoms with Crippen molar-refractivity contribution in [3.8, 4) is 11.5 Å². The predicted molar refractivity (Wildman–Crippen MR) is 99.5 cm³/mol. The first-order chi connectivity index (χ1) is 12.4. The molecule has 0 bridgehead atoms. The van der Waals surface area contributed by atoms with Crippen LogP contribution in [0.3, 0.4) is 0 Å². The SMILES string of the molecule is COc1cc(OC)cc(C(=O)N[C@H](C(=O)NC(C)C)c2ccccc2)c1. The van der Waals surface area contributed by atoms with Gasteiger partial charge in [0.1, 0.15) is 17.5 Å². The molecule has 0 aliphatic carbocycles. The van der Waals surface area contributed by atoms with E-state index in [2.05, 4.69) is 10.6 Å². The average molecular weight is 356 g/mol. The molecule has 0 fully saturated rings. The standard InChI is InChI=1S/C20H24N2O4/c1-13(2)21-20(24)18(14-8-6-5-7-9-14)22-19(23)15-10-16(25-3)12-17(11-15)26-4/h5-13,18H,1-4H3,(H,21,24)(H,22,23)/t18-/m0/s1. The monoisotopic (exact) mass is 356 g/mol. The smallest absolute Gasteiger partial charge is 0.252 e. The van der Waals surface area contributed by atoms with Gasteiger partial charge in [-0.3, -0.25) is 9.59 Å². The van der Waals surface area contributed by atoms with Crippen molar-refractivity contribution in [3.63, 3.8) is 0 Å². The van der Waals surface area contributed by atoms with Gasteiger partial charge >= 0.3 is 0 Å². The molecule has 6 nitrogen and oxygen atoms in total. The summed E-state index contributed by atoms with van der Waals surface area (Å²) in [5.41, 5.74) is 1.05. The maximum Gasteiger partial charge on any atom is 0.252 e. The second-order valence-corrected chi connectivity index (χ2v) is 6.08. The number of carbonyl (C=O) groups is 2. The maximum absolute atomic E-state index is 12.8. The van der Waals surface area contributed by atoms with E-state index in [-0.39, 0.29) is 11.9 Å². The highest BCUT2D eigenvalue weighted by molar-refractivity contribution is 5.98. The van der Waals surface area contributed by atoms with E-state index < -0.39 is 11.9 Å². The zero-order valence-corrected chi connectivity index (χ0v) is 15.4. The number of ether oxygens (including phenoxy) is 2. The molecule has 0 radical (unpaired) electrons. The Morgan fingerprint density at radius 2 is 1.46 bits per heavy atom. The predicted octanol–water partition coefficient (Wildman–Crippen LogP) is 2.70. The van der Waals surface area contributed by atoms with E-state index in [0.717, 1.165) is 0 Å². The van der Waals surface area contributed by atoms with Gasteiger partial charge in [-0.2, -0.15) is 0 Å². The zero-order chi connectivity index (χ0) is 19.1. The molecule has 2 N–H and O–H groups in total. The van der Waals surface area contributed by atoms with Gasteiger partial charge in [-0.1, -0.05) is 30.3 Å². The Kier molecular flexibility index (Phi) is 6.60. The van der Waals surface area contributed by atoms with Gasteiger partial charge < -0.3 is 20.1 Å². The van der Waals surface area contributed by atoms with Crippen LogP contribution in [0.4, 0.5) is 0 Å². The number of methoxy groups -OCH3 is 2. The normalized spacial score (nSPS) is 11.6. The summed E-state index contributed by atoms with van der Waals surface area (Å²) in [6, 6.07) is 13.1. The number of nitrogens with one attached hydrogen (secondary N) is 2. The number of amides is 2. The Hall–Kier alpha value is -3.02. The highest BCUT2D eigenvalue weighted by Crippen LogP contribution is 2.23. The van der Waals surface area contributed by atoms with Crippen molar-refractivity contribution < 1.29 is 19.1 Å². The zero-order valence-electron chi connectivity index (χ0n) is 15.4. The molecule has 0 aromatic heterocycles. The fourth-order valence-corrected chi connectivity index (χ4v) is 2.47. The van der Waals surface area contributed by atoms with Crippen LogP contribution < -0.4 is 20.1 Å². The molecule has 2 aromatic carbocycles. The van der Waals surface area contributed by atoms with Gasteiger partial charge in [-0.25, -0.2) is 0 Å². The summed E-state index contributed by atoms with van der Waals surface area (Å²) in [5, 5.41) is 5.64. The van der Waals surface area contributed by atoms with Crippen molar-refractivity contribution in [2.75, 3.05) is 14.2 Å². The summed E-state index contributed by atoms with van der Waals surface area (Å²) in [6.45, 7) is 3.74. The molecule has 0 saturated carbocycles. The Labute approximate surface area is 153 Å². The largest absolute Gasteiger partial charge is 0.497 e. The van der Waals surface area contributed by atoms with Gasteiger partial charge in [0.15, 0.2) is 0 Å². The lowest BCUT2D eigenvalue weighted by atomic mass is 10.0. The fraction of sp³-hybridized carbons (Fsp3) is 0.300. The van der Waals surface area contributed by atoms with Crippen LogP contribution in [0, 0.1) is 0 Å². The Morgan fingerprint density at radius 3 is 1.96 bits per heavy atom. The van der Waals surface area contributed by atoms with Crippen molar-refractivity contribution in [1.29, 1.82) is 0 Å². The van der Waals surface area contributed by atoms with Crippen LogP contribution in [0.15, 0.2) is 48.5 Å². The molecule has 0 saturated heterocycles. The number of rotatable bonds is 7. The third-order valence-electron chi connectivity index (χ3n) is 3.72. The quantitative estimate of drug-likeness (QED) is 0.800. The van der Waals surface area contributed by atoms with Crippen LogP contribution in [0.5, 0.6) is 11.5 Å². The lowest BCUT2D eigenvalue weighted by Gasteiger charge is -2.20. The van der Waals surface area contributed by atoms with Crippen molar-refractivity contribution in [3.05, 3.63) is 59.7 Å². The molecule has 0 aliphatic heterocycles. The number of carbonyl (C=O) groups excluding carboxylic acids is 2. The van der Waals surface area contributed by atoms with Crippen LogP contribution in [0.2, 0.25) is 0 Å². The van der Waals surface area contributed by atoms with Gasteiger partial charge in [0, 0.05) is 17.7 Å². The second kappa shape index (κ2) is 8.89. The van der Waals surface area contributed by atoms with Crippen LogP contribution in [0.1, 0.15) is 35.8 Å². The van der Waals surface area contributed by atoms with Crippen molar-refractivity contribution >= 4 is 11.8 Å². The van der Waals surface area contributed by atoms with E-state index in [1.807, 2.05) is 32.0 Å². The van der Waals surface area contributed by atoms with Crippen molar-refractivity contribution in [2.45, 2.75) is 25.9 Å². The average Bonchev–Trinajstić information content (AvgIpc) is 2.65. The summed E-state index contributed by atoms with van der Waals surface area (Å²) >= 11 is 0. The fourth-order valence-electron chi connectivity index (χ4n) is 2.47. The van der Waals surface area contributed by atoms with Crippen LogP contribution >= 0.6 is 0 Å². The summed E-state index contributed by atoms with van der Waals surface area (Å²) in [6.07, 6.45) is 0. The topological polar surface area (TPSA) is 76.7 Å². The van der Waals surface area contributed by atoms with E-state index in [1.54, 1.807) is 30.3 Å². The maximum atomic E-state index is 12.8. The molecular weight excluding hydrogens is 332 g/mol. The van der Waals surface area contributed by atoms with Crippen LogP contribution in [-0.2, 0) is 4.79 Å². The molecule has 0 aliphatic rings. The first-order valence-electron chi connectivity index (χ1n) is 8.34. The van der Waals surface area contributed by atoms with E-state index in [0.29, 0.717) is 22.6 Å². The summed E-state index contributed by atoms with van der Waals surface area (Å²) < 4.78 is 10.4. The highest BCUT2D eigenvalue weighted by Gasteiger charge is 2.24. The minimum Gasteiger partial charge on any atom is -0.497 e. The summed E-state index contributed by atoms with van der Waals surface area (Å²) in [5.74, 6) is 0.333. The van der Waals surface area contributed by atoms with E-state index in [1.165, 1.54) is 14.2 Å². The minimum absolute atomic E-state index is 0.0393. The molecule has 2 aromatic rings. The minimum atomic E-state index is -0.803. The van der Waals surface area contributed by atoms with Gasteiger partial charge in [0.25, 0.3) is 5.91 Å². The molecule has 0 unspecified atom stereocenters.